The van der Waals surface area contributed by atoms with Crippen LogP contribution in [0.3, 0.4) is 0 Å². The number of likely N-dealkylation sites (tertiary alicyclic amines) is 1. The molecule has 1 unspecified atom stereocenters. The predicted molar refractivity (Wildman–Crippen MR) is 193 cm³/mol. The second kappa shape index (κ2) is 15.1. The van der Waals surface area contributed by atoms with Crippen LogP contribution in [0.25, 0.3) is 11.0 Å². The third-order valence-electron chi connectivity index (χ3n) is 9.34. The molecule has 13 nitrogen and oxygen atoms in total. The lowest BCUT2D eigenvalue weighted by molar-refractivity contribution is -0.133. The first-order valence-electron chi connectivity index (χ1n) is 16.1. The van der Waals surface area contributed by atoms with Crippen LogP contribution in [0.15, 0.2) is 74.7 Å². The number of nitrogen functional groups attached to an aromatic ring is 1. The average Bonchev–Trinajstić information content (AvgIpc) is 3.42. The normalized spacial score (nSPS) is 16.8. The van der Waals surface area contributed by atoms with Crippen molar-refractivity contribution in [1.82, 2.24) is 29.2 Å². The van der Waals surface area contributed by atoms with Crippen LogP contribution in [-0.4, -0.2) is 94.6 Å². The molecular weight excluding hydrogens is 760 g/mol. The summed E-state index contributed by atoms with van der Waals surface area (Å²) in [6, 6.07) is 13.6. The van der Waals surface area contributed by atoms with Gasteiger partial charge in [0.05, 0.1) is 16.7 Å². The minimum atomic E-state index is -1.04. The van der Waals surface area contributed by atoms with Crippen LogP contribution in [0.5, 0.6) is 0 Å². The molecule has 0 aliphatic carbocycles. The number of pyridine rings is 1. The SMILES string of the molecule is COC(C=O)n1c(=O)n(C2CCN(C(=O)N[C@H](Cc3cc(Br)c(N)c(Br)c3)C(=O)N3CCN(c4ccncc4)CC3)CC2)c2ccccc21. The Morgan fingerprint density at radius 1 is 0.980 bits per heavy atom. The van der Waals surface area contributed by atoms with Crippen molar-refractivity contribution >= 4 is 72.5 Å². The monoisotopic (exact) mass is 796 g/mol. The van der Waals surface area contributed by atoms with Crippen molar-refractivity contribution in [3.8, 4) is 0 Å². The Labute approximate surface area is 300 Å². The highest BCUT2D eigenvalue weighted by molar-refractivity contribution is 9.11. The molecule has 4 aromatic rings. The zero-order valence-corrected chi connectivity index (χ0v) is 30.2. The van der Waals surface area contributed by atoms with Crippen LogP contribution in [0.4, 0.5) is 16.2 Å². The van der Waals surface area contributed by atoms with Crippen molar-refractivity contribution in [2.45, 2.75) is 37.6 Å². The first-order chi connectivity index (χ1) is 23.7. The van der Waals surface area contributed by atoms with E-state index in [-0.39, 0.29) is 30.1 Å². The Morgan fingerprint density at radius 3 is 2.22 bits per heavy atom. The summed E-state index contributed by atoms with van der Waals surface area (Å²) in [5.41, 5.74) is 9.54. The van der Waals surface area contributed by atoms with E-state index in [1.165, 1.54) is 11.7 Å². The van der Waals surface area contributed by atoms with E-state index < -0.39 is 12.3 Å². The fraction of sp³-hybridized carbons (Fsp3) is 0.382. The second-order valence-corrected chi connectivity index (χ2v) is 13.9. The Morgan fingerprint density at radius 2 is 1.61 bits per heavy atom. The van der Waals surface area contributed by atoms with Crippen LogP contribution in [0, 0.1) is 0 Å². The number of piperazine rings is 1. The zero-order valence-electron chi connectivity index (χ0n) is 27.0. The van der Waals surface area contributed by atoms with Crippen LogP contribution >= 0.6 is 31.9 Å². The van der Waals surface area contributed by atoms with E-state index in [4.69, 9.17) is 10.5 Å². The van der Waals surface area contributed by atoms with Crippen LogP contribution < -0.4 is 21.6 Å². The van der Waals surface area contributed by atoms with Gasteiger partial charge in [-0.2, -0.15) is 0 Å². The third kappa shape index (κ3) is 7.24. The number of ether oxygens (including phenoxy) is 1. The number of nitrogens with two attached hydrogens (primary N) is 1. The Balaban J connectivity index is 1.17. The third-order valence-corrected chi connectivity index (χ3v) is 10.6. The zero-order chi connectivity index (χ0) is 34.7. The fourth-order valence-corrected chi connectivity index (χ4v) is 8.01. The van der Waals surface area contributed by atoms with Gasteiger partial charge in [0, 0.05) is 85.9 Å². The summed E-state index contributed by atoms with van der Waals surface area (Å²) in [5, 5.41) is 3.04. The summed E-state index contributed by atoms with van der Waals surface area (Å²) in [4.78, 5) is 63.0. The van der Waals surface area contributed by atoms with Gasteiger partial charge >= 0.3 is 11.7 Å². The Kier molecular flexibility index (Phi) is 10.7. The van der Waals surface area contributed by atoms with E-state index in [2.05, 4.69) is 47.1 Å². The van der Waals surface area contributed by atoms with Gasteiger partial charge in [-0.25, -0.2) is 9.59 Å². The number of carbonyl (C=O) groups is 3. The molecule has 15 heteroatoms. The van der Waals surface area contributed by atoms with Crippen LogP contribution in [-0.2, 0) is 20.7 Å². The highest BCUT2D eigenvalue weighted by atomic mass is 79.9. The number of halogens is 2. The number of anilines is 2. The van der Waals surface area contributed by atoms with Gasteiger partial charge in [0.15, 0.2) is 12.5 Å². The number of nitrogens with zero attached hydrogens (tertiary/aromatic N) is 6. The smallest absolute Gasteiger partial charge is 0.331 e. The minimum Gasteiger partial charge on any atom is -0.397 e. The van der Waals surface area contributed by atoms with Crippen LogP contribution in [0.1, 0.15) is 30.7 Å². The maximum atomic E-state index is 14.0. The van der Waals surface area contributed by atoms with Gasteiger partial charge < -0.3 is 30.5 Å². The lowest BCUT2D eigenvalue weighted by Crippen LogP contribution is -2.57. The molecule has 2 aliphatic rings. The van der Waals surface area contributed by atoms with Crippen molar-refractivity contribution in [1.29, 1.82) is 0 Å². The number of imidazole rings is 1. The molecule has 2 aliphatic heterocycles. The molecule has 2 aromatic heterocycles. The number of fused-ring (bicyclic) bond motifs is 1. The number of hydrogen-bond donors (Lipinski definition) is 2. The molecule has 0 spiro atoms. The van der Waals surface area contributed by atoms with E-state index >= 15 is 0 Å². The molecule has 0 saturated carbocycles. The van der Waals surface area contributed by atoms with Gasteiger partial charge in [0.2, 0.25) is 5.91 Å². The number of benzene rings is 2. The summed E-state index contributed by atoms with van der Waals surface area (Å²) in [6.07, 6.45) is 4.39. The van der Waals surface area contributed by atoms with Gasteiger partial charge in [0.25, 0.3) is 0 Å². The molecule has 0 bridgehead atoms. The van der Waals surface area contributed by atoms with Crippen molar-refractivity contribution < 1.29 is 19.1 Å². The van der Waals surface area contributed by atoms with Crippen molar-refractivity contribution in [3.63, 3.8) is 0 Å². The number of hydrogen-bond acceptors (Lipinski definition) is 8. The first kappa shape index (κ1) is 34.6. The molecule has 4 heterocycles. The number of piperidine rings is 1. The number of amides is 3. The molecular formula is C34H38Br2N8O5. The topological polar surface area (TPSA) is 148 Å². The lowest BCUT2D eigenvalue weighted by Gasteiger charge is -2.38. The summed E-state index contributed by atoms with van der Waals surface area (Å²) in [6.45, 7) is 3.13. The fourth-order valence-electron chi connectivity index (χ4n) is 6.73. The number of urea groups is 1. The molecule has 49 heavy (non-hydrogen) atoms. The summed E-state index contributed by atoms with van der Waals surface area (Å²) >= 11 is 7.00. The summed E-state index contributed by atoms with van der Waals surface area (Å²) < 4.78 is 9.75. The first-order valence-corrected chi connectivity index (χ1v) is 17.7. The largest absolute Gasteiger partial charge is 0.397 e. The van der Waals surface area contributed by atoms with Gasteiger partial charge in [-0.1, -0.05) is 12.1 Å². The van der Waals surface area contributed by atoms with Crippen molar-refractivity contribution in [2.75, 3.05) is 57.0 Å². The number of rotatable bonds is 9. The van der Waals surface area contributed by atoms with E-state index in [9.17, 15) is 19.2 Å². The van der Waals surface area contributed by atoms with Crippen molar-refractivity contribution in [2.24, 2.45) is 0 Å². The van der Waals surface area contributed by atoms with Gasteiger partial charge in [0.1, 0.15) is 6.04 Å². The molecule has 2 atom stereocenters. The van der Waals surface area contributed by atoms with Gasteiger partial charge in [-0.3, -0.25) is 23.7 Å². The van der Waals surface area contributed by atoms with E-state index in [0.717, 1.165) is 11.3 Å². The molecule has 0 radical (unpaired) electrons. The maximum Gasteiger partial charge on any atom is 0.331 e. The average molecular weight is 799 g/mol. The quantitative estimate of drug-likeness (QED) is 0.191. The maximum absolute atomic E-state index is 14.0. The molecule has 3 N–H and O–H groups in total. The van der Waals surface area contributed by atoms with E-state index in [1.54, 1.807) is 27.9 Å². The standard InChI is InChI=1S/C34H38Br2N8O5/c1-49-30(21-45)44-29-5-3-2-4-28(29)43(34(44)48)24-8-12-42(13-9-24)33(47)39-27(20-22-18-25(35)31(37)26(36)19-22)32(46)41-16-14-40(15-17-41)23-6-10-38-11-7-23/h2-7,10-11,18-19,21,24,27,30H,8-9,12-17,20,37H2,1H3,(H,39,47)/t27-,30?/m1/s1. The summed E-state index contributed by atoms with van der Waals surface area (Å²) in [5.74, 6) is -0.149. The van der Waals surface area contributed by atoms with E-state index in [1.807, 2.05) is 47.4 Å². The molecule has 2 fully saturated rings. The lowest BCUT2D eigenvalue weighted by atomic mass is 10.0. The Hall–Kier alpha value is -4.21. The molecule has 6 rings (SSSR count). The second-order valence-electron chi connectivity index (χ2n) is 12.2. The van der Waals surface area contributed by atoms with Crippen molar-refractivity contribution in [3.05, 3.63) is 85.9 Å². The Bertz CT molecular complexity index is 1860. The number of aromatic nitrogens is 3. The van der Waals surface area contributed by atoms with Gasteiger partial charge in [-0.15, -0.1) is 0 Å². The number of methoxy groups -OCH3 is 1. The molecule has 3 amide bonds. The highest BCUT2D eigenvalue weighted by Crippen LogP contribution is 2.31. The highest BCUT2D eigenvalue weighted by Gasteiger charge is 2.33. The van der Waals surface area contributed by atoms with Crippen LogP contribution in [0.2, 0.25) is 0 Å². The molecule has 258 valence electrons. The number of carbonyl (C=O) groups excluding carboxylic acids is 3. The summed E-state index contributed by atoms with van der Waals surface area (Å²) in [7, 11) is 1.39. The van der Waals surface area contributed by atoms with Gasteiger partial charge in [-0.05, 0) is 86.7 Å². The van der Waals surface area contributed by atoms with E-state index in [0.29, 0.717) is 84.1 Å². The number of nitrogens with one attached hydrogen (secondary N) is 1. The number of aldehydes is 1. The molecule has 2 aromatic carbocycles. The predicted octanol–water partition coefficient (Wildman–Crippen LogP) is 3.96. The number of para-hydroxylation sites is 2. The molecule has 2 saturated heterocycles. The minimum absolute atomic E-state index is 0.149.